The maximum absolute atomic E-state index is 11.6. The summed E-state index contributed by atoms with van der Waals surface area (Å²) in [7, 11) is 0. The molecule has 1 saturated carbocycles. The van der Waals surface area contributed by atoms with E-state index in [0.29, 0.717) is 5.41 Å². The first kappa shape index (κ1) is 14.1. The minimum Gasteiger partial charge on any atom is -0.270 e. The second kappa shape index (κ2) is 6.19. The number of nitrogens with one attached hydrogen (secondary N) is 1. The van der Waals surface area contributed by atoms with Crippen LogP contribution in [0.2, 0.25) is 0 Å². The highest BCUT2D eigenvalue weighted by Gasteiger charge is 2.33. The van der Waals surface area contributed by atoms with Crippen LogP contribution >= 0.6 is 24.4 Å². The average Bonchev–Trinajstić information content (AvgIpc) is 2.97. The SMILES string of the molecule is CCCn1c(SCC2(CS)CCCC2)n[nH]c1=O. The Bertz CT molecular complexity index is 435. The molecular formula is C12H21N3OS2. The van der Waals surface area contributed by atoms with Crippen LogP contribution in [0.1, 0.15) is 39.0 Å². The standard InChI is InChI=1S/C12H21N3OS2/c1-2-7-15-10(16)13-14-11(15)18-9-12(8-17)5-3-4-6-12/h17H,2-9H2,1H3,(H,13,16). The van der Waals surface area contributed by atoms with Crippen LogP contribution in [0.3, 0.4) is 0 Å². The van der Waals surface area contributed by atoms with Gasteiger partial charge in [0.05, 0.1) is 0 Å². The van der Waals surface area contributed by atoms with E-state index in [1.165, 1.54) is 25.7 Å². The molecule has 4 nitrogen and oxygen atoms in total. The lowest BCUT2D eigenvalue weighted by atomic mass is 9.91. The Morgan fingerprint density at radius 2 is 2.22 bits per heavy atom. The summed E-state index contributed by atoms with van der Waals surface area (Å²) >= 11 is 6.21. The monoisotopic (exact) mass is 287 g/mol. The molecule has 1 heterocycles. The van der Waals surface area contributed by atoms with Crippen LogP contribution in [-0.2, 0) is 6.54 Å². The van der Waals surface area contributed by atoms with Crippen LogP contribution in [0.15, 0.2) is 9.95 Å². The Labute approximate surface area is 117 Å². The van der Waals surface area contributed by atoms with Gasteiger partial charge >= 0.3 is 5.69 Å². The topological polar surface area (TPSA) is 50.7 Å². The molecule has 2 rings (SSSR count). The predicted molar refractivity (Wildman–Crippen MR) is 78.6 cm³/mol. The molecule has 1 N–H and O–H groups in total. The molecule has 1 aliphatic rings. The Kier molecular flexibility index (Phi) is 4.84. The quantitative estimate of drug-likeness (QED) is 0.624. The third-order valence-electron chi connectivity index (χ3n) is 3.68. The zero-order chi connectivity index (χ0) is 13.0. The Morgan fingerprint density at radius 3 is 2.83 bits per heavy atom. The Morgan fingerprint density at radius 1 is 1.50 bits per heavy atom. The summed E-state index contributed by atoms with van der Waals surface area (Å²) < 4.78 is 1.74. The zero-order valence-electron chi connectivity index (χ0n) is 10.8. The lowest BCUT2D eigenvalue weighted by molar-refractivity contribution is 0.402. The van der Waals surface area contributed by atoms with Crippen molar-refractivity contribution < 1.29 is 0 Å². The summed E-state index contributed by atoms with van der Waals surface area (Å²) in [5.41, 5.74) is 0.255. The fraction of sp³-hybridized carbons (Fsp3) is 0.833. The third kappa shape index (κ3) is 2.96. The highest BCUT2D eigenvalue weighted by Crippen LogP contribution is 2.42. The number of thiol groups is 1. The molecule has 0 atom stereocenters. The van der Waals surface area contributed by atoms with Crippen molar-refractivity contribution >= 4 is 24.4 Å². The molecule has 6 heteroatoms. The lowest BCUT2D eigenvalue weighted by Gasteiger charge is -2.25. The van der Waals surface area contributed by atoms with Crippen LogP contribution in [0.4, 0.5) is 0 Å². The summed E-state index contributed by atoms with van der Waals surface area (Å²) in [6.45, 7) is 2.81. The van der Waals surface area contributed by atoms with Gasteiger partial charge in [-0.05, 0) is 30.4 Å². The van der Waals surface area contributed by atoms with E-state index in [2.05, 4.69) is 29.7 Å². The van der Waals surface area contributed by atoms with Crippen LogP contribution in [-0.4, -0.2) is 26.3 Å². The normalized spacial score (nSPS) is 18.3. The van der Waals surface area contributed by atoms with E-state index in [-0.39, 0.29) is 5.69 Å². The van der Waals surface area contributed by atoms with Gasteiger partial charge in [0.1, 0.15) is 0 Å². The first-order chi connectivity index (χ1) is 8.71. The number of hydrogen-bond acceptors (Lipinski definition) is 4. The molecule has 18 heavy (non-hydrogen) atoms. The molecule has 1 aromatic heterocycles. The summed E-state index contributed by atoms with van der Waals surface area (Å²) in [4.78, 5) is 11.6. The van der Waals surface area contributed by atoms with Crippen LogP contribution in [0.5, 0.6) is 0 Å². The zero-order valence-corrected chi connectivity index (χ0v) is 12.5. The molecule has 0 unspecified atom stereocenters. The molecule has 0 amide bonds. The highest BCUT2D eigenvalue weighted by molar-refractivity contribution is 7.99. The van der Waals surface area contributed by atoms with Crippen molar-refractivity contribution in [2.24, 2.45) is 5.41 Å². The fourth-order valence-corrected chi connectivity index (χ4v) is 4.37. The van der Waals surface area contributed by atoms with E-state index in [9.17, 15) is 4.79 Å². The van der Waals surface area contributed by atoms with Crippen molar-refractivity contribution in [2.45, 2.75) is 50.7 Å². The molecule has 0 radical (unpaired) electrons. The second-order valence-corrected chi connectivity index (χ2v) is 6.38. The Balaban J connectivity index is 2.03. The molecule has 0 aromatic carbocycles. The van der Waals surface area contributed by atoms with Crippen molar-refractivity contribution in [2.75, 3.05) is 11.5 Å². The predicted octanol–water partition coefficient (Wildman–Crippen LogP) is 2.56. The third-order valence-corrected chi connectivity index (χ3v) is 5.67. The number of rotatable bonds is 6. The first-order valence-electron chi connectivity index (χ1n) is 6.60. The number of aromatic nitrogens is 3. The fourth-order valence-electron chi connectivity index (χ4n) is 2.52. The van der Waals surface area contributed by atoms with E-state index in [1.54, 1.807) is 16.3 Å². The molecule has 0 bridgehead atoms. The number of thioether (sulfide) groups is 1. The van der Waals surface area contributed by atoms with Gasteiger partial charge in [0.25, 0.3) is 0 Å². The smallest absolute Gasteiger partial charge is 0.270 e. The van der Waals surface area contributed by atoms with Crippen molar-refractivity contribution in [3.8, 4) is 0 Å². The molecule has 1 fully saturated rings. The first-order valence-corrected chi connectivity index (χ1v) is 8.21. The van der Waals surface area contributed by atoms with Gasteiger partial charge in [0, 0.05) is 12.3 Å². The van der Waals surface area contributed by atoms with E-state index in [0.717, 1.165) is 29.6 Å². The van der Waals surface area contributed by atoms with Crippen LogP contribution in [0.25, 0.3) is 0 Å². The molecule has 1 aliphatic carbocycles. The van der Waals surface area contributed by atoms with E-state index < -0.39 is 0 Å². The van der Waals surface area contributed by atoms with E-state index in [4.69, 9.17) is 0 Å². The van der Waals surface area contributed by atoms with Gasteiger partial charge in [0.15, 0.2) is 5.16 Å². The molecular weight excluding hydrogens is 266 g/mol. The van der Waals surface area contributed by atoms with E-state index >= 15 is 0 Å². The molecule has 0 aliphatic heterocycles. The molecule has 0 spiro atoms. The maximum atomic E-state index is 11.6. The van der Waals surface area contributed by atoms with Crippen LogP contribution < -0.4 is 5.69 Å². The minimum absolute atomic E-state index is 0.0919. The van der Waals surface area contributed by atoms with E-state index in [1.807, 2.05) is 0 Å². The maximum Gasteiger partial charge on any atom is 0.343 e. The number of H-pyrrole nitrogens is 1. The van der Waals surface area contributed by atoms with Crippen molar-refractivity contribution in [3.63, 3.8) is 0 Å². The van der Waals surface area contributed by atoms with Crippen molar-refractivity contribution in [1.29, 1.82) is 0 Å². The number of aromatic amines is 1. The molecule has 0 saturated heterocycles. The molecule has 102 valence electrons. The summed E-state index contributed by atoms with van der Waals surface area (Å²) in [6, 6.07) is 0. The lowest BCUT2D eigenvalue weighted by Crippen LogP contribution is -2.23. The van der Waals surface area contributed by atoms with Gasteiger partial charge in [-0.15, -0.1) is 5.10 Å². The van der Waals surface area contributed by atoms with Gasteiger partial charge in [-0.25, -0.2) is 9.89 Å². The van der Waals surface area contributed by atoms with Gasteiger partial charge in [-0.1, -0.05) is 31.5 Å². The van der Waals surface area contributed by atoms with Crippen molar-refractivity contribution in [1.82, 2.24) is 14.8 Å². The number of nitrogens with zero attached hydrogens (tertiary/aromatic N) is 2. The summed E-state index contributed by atoms with van der Waals surface area (Å²) in [5.74, 6) is 1.95. The average molecular weight is 287 g/mol. The van der Waals surface area contributed by atoms with Gasteiger partial charge in [-0.2, -0.15) is 12.6 Å². The van der Waals surface area contributed by atoms with Crippen LogP contribution in [0, 0.1) is 5.41 Å². The summed E-state index contributed by atoms with van der Waals surface area (Å²) in [5, 5.41) is 7.50. The number of hydrogen-bond donors (Lipinski definition) is 2. The van der Waals surface area contributed by atoms with Gasteiger partial charge in [0.2, 0.25) is 0 Å². The highest BCUT2D eigenvalue weighted by atomic mass is 32.2. The largest absolute Gasteiger partial charge is 0.343 e. The summed E-state index contributed by atoms with van der Waals surface area (Å²) in [6.07, 6.45) is 6.08. The molecule has 1 aromatic rings. The minimum atomic E-state index is -0.0919. The van der Waals surface area contributed by atoms with Gasteiger partial charge < -0.3 is 0 Å². The second-order valence-electron chi connectivity index (χ2n) is 5.12. The van der Waals surface area contributed by atoms with Gasteiger partial charge in [-0.3, -0.25) is 4.57 Å². The Hall–Kier alpha value is -0.360. The van der Waals surface area contributed by atoms with Crippen molar-refractivity contribution in [3.05, 3.63) is 10.5 Å².